The summed E-state index contributed by atoms with van der Waals surface area (Å²) in [5.41, 5.74) is 10.4. The second kappa shape index (κ2) is 4.39. The van der Waals surface area contributed by atoms with Crippen molar-refractivity contribution >= 4 is 11.8 Å². The van der Waals surface area contributed by atoms with E-state index in [2.05, 4.69) is 0 Å². The molecule has 6 nitrogen and oxygen atoms in total. The number of likely N-dealkylation sites (tertiary alicyclic amines) is 1. The van der Waals surface area contributed by atoms with Gasteiger partial charge in [0.25, 0.3) is 0 Å². The highest BCUT2D eigenvalue weighted by molar-refractivity contribution is 5.87. The second-order valence-electron chi connectivity index (χ2n) is 3.50. The van der Waals surface area contributed by atoms with Crippen molar-refractivity contribution < 1.29 is 14.7 Å². The van der Waals surface area contributed by atoms with Gasteiger partial charge in [-0.25, -0.2) is 0 Å². The van der Waals surface area contributed by atoms with Crippen LogP contribution in [-0.2, 0) is 9.59 Å². The molecular formula is C8H15N3O3. The summed E-state index contributed by atoms with van der Waals surface area (Å²) in [6.45, 7) is 0.789. The Kier molecular flexibility index (Phi) is 3.43. The minimum Gasteiger partial charge on any atom is -0.391 e. The average molecular weight is 201 g/mol. The van der Waals surface area contributed by atoms with Gasteiger partial charge in [0.1, 0.15) is 0 Å². The van der Waals surface area contributed by atoms with Crippen LogP contribution in [0, 0.1) is 0 Å². The number of primary amides is 1. The number of hydrogen-bond donors (Lipinski definition) is 3. The quantitative estimate of drug-likeness (QED) is 0.480. The fourth-order valence-electron chi connectivity index (χ4n) is 1.48. The molecule has 6 heteroatoms. The molecule has 14 heavy (non-hydrogen) atoms. The van der Waals surface area contributed by atoms with E-state index < -0.39 is 18.1 Å². The molecular weight excluding hydrogens is 186 g/mol. The normalized spacial score (nSPS) is 23.6. The number of nitrogens with two attached hydrogens (primary N) is 2. The van der Waals surface area contributed by atoms with Crippen LogP contribution in [0.2, 0.25) is 0 Å². The number of aliphatic hydroxyl groups excluding tert-OH is 1. The van der Waals surface area contributed by atoms with Crippen LogP contribution in [0.25, 0.3) is 0 Å². The Morgan fingerprint density at radius 2 is 2.21 bits per heavy atom. The number of amides is 2. The van der Waals surface area contributed by atoms with E-state index in [1.165, 1.54) is 4.90 Å². The number of rotatable bonds is 3. The van der Waals surface area contributed by atoms with E-state index in [-0.39, 0.29) is 12.3 Å². The van der Waals surface area contributed by atoms with E-state index in [9.17, 15) is 14.7 Å². The molecule has 0 aliphatic carbocycles. The second-order valence-corrected chi connectivity index (χ2v) is 3.50. The first-order chi connectivity index (χ1) is 6.50. The Balaban J connectivity index is 2.44. The summed E-state index contributed by atoms with van der Waals surface area (Å²) in [7, 11) is 0. The molecule has 2 atom stereocenters. The first-order valence-corrected chi connectivity index (χ1v) is 4.51. The lowest BCUT2D eigenvalue weighted by atomic mass is 10.2. The largest absolute Gasteiger partial charge is 0.391 e. The number of carbonyl (C=O) groups is 2. The van der Waals surface area contributed by atoms with Crippen LogP contribution in [-0.4, -0.2) is 47.1 Å². The van der Waals surface area contributed by atoms with Crippen LogP contribution in [0.5, 0.6) is 0 Å². The highest BCUT2D eigenvalue weighted by Crippen LogP contribution is 2.10. The molecule has 1 saturated heterocycles. The fourth-order valence-corrected chi connectivity index (χ4v) is 1.48. The molecule has 1 rings (SSSR count). The van der Waals surface area contributed by atoms with Gasteiger partial charge in [0.05, 0.1) is 18.6 Å². The SMILES string of the molecule is NC(=O)CC(N)C(=O)N1CCC(O)C1. The van der Waals surface area contributed by atoms with Crippen molar-refractivity contribution in [1.29, 1.82) is 0 Å². The maximum atomic E-state index is 11.5. The Morgan fingerprint density at radius 1 is 1.57 bits per heavy atom. The summed E-state index contributed by atoms with van der Waals surface area (Å²) in [6, 6.07) is -0.877. The molecule has 0 spiro atoms. The summed E-state index contributed by atoms with van der Waals surface area (Å²) >= 11 is 0. The Hall–Kier alpha value is -1.14. The van der Waals surface area contributed by atoms with Gasteiger partial charge in [-0.3, -0.25) is 9.59 Å². The van der Waals surface area contributed by atoms with Crippen molar-refractivity contribution in [1.82, 2.24) is 4.90 Å². The number of nitrogens with zero attached hydrogens (tertiary/aromatic N) is 1. The van der Waals surface area contributed by atoms with Crippen LogP contribution < -0.4 is 11.5 Å². The molecule has 1 aliphatic heterocycles. The highest BCUT2D eigenvalue weighted by atomic mass is 16.3. The number of carbonyl (C=O) groups excluding carboxylic acids is 2. The van der Waals surface area contributed by atoms with Gasteiger partial charge in [-0.1, -0.05) is 0 Å². The fraction of sp³-hybridized carbons (Fsp3) is 0.750. The third-order valence-corrected chi connectivity index (χ3v) is 2.21. The topological polar surface area (TPSA) is 110 Å². The molecule has 0 aromatic heterocycles. The van der Waals surface area contributed by atoms with Crippen molar-refractivity contribution in [2.24, 2.45) is 11.5 Å². The van der Waals surface area contributed by atoms with Crippen LogP contribution in [0.15, 0.2) is 0 Å². The van der Waals surface area contributed by atoms with Crippen LogP contribution in [0.4, 0.5) is 0 Å². The Bertz CT molecular complexity index is 244. The van der Waals surface area contributed by atoms with Gasteiger partial charge in [0.2, 0.25) is 11.8 Å². The Labute approximate surface area is 81.8 Å². The third-order valence-electron chi connectivity index (χ3n) is 2.21. The van der Waals surface area contributed by atoms with Crippen molar-refractivity contribution in [3.8, 4) is 0 Å². The predicted molar refractivity (Wildman–Crippen MR) is 49.0 cm³/mol. The van der Waals surface area contributed by atoms with Gasteiger partial charge < -0.3 is 21.5 Å². The van der Waals surface area contributed by atoms with Gasteiger partial charge in [-0.15, -0.1) is 0 Å². The number of β-amino-alcohol motifs (C(OH)–C–C–N with tert-alkyl or cyclic N) is 1. The van der Waals surface area contributed by atoms with Crippen LogP contribution >= 0.6 is 0 Å². The molecule has 2 amide bonds. The van der Waals surface area contributed by atoms with Crippen molar-refractivity contribution in [2.75, 3.05) is 13.1 Å². The van der Waals surface area contributed by atoms with E-state index in [0.717, 1.165) is 0 Å². The van der Waals surface area contributed by atoms with Gasteiger partial charge in [-0.05, 0) is 6.42 Å². The first kappa shape index (κ1) is 10.9. The highest BCUT2D eigenvalue weighted by Gasteiger charge is 2.28. The summed E-state index contributed by atoms with van der Waals surface area (Å²) in [6.07, 6.45) is -0.0554. The summed E-state index contributed by atoms with van der Waals surface area (Å²) < 4.78 is 0. The van der Waals surface area contributed by atoms with E-state index in [4.69, 9.17) is 11.5 Å². The van der Waals surface area contributed by atoms with Gasteiger partial charge >= 0.3 is 0 Å². The zero-order valence-corrected chi connectivity index (χ0v) is 7.85. The van der Waals surface area contributed by atoms with Gasteiger partial charge in [-0.2, -0.15) is 0 Å². The van der Waals surface area contributed by atoms with E-state index >= 15 is 0 Å². The van der Waals surface area contributed by atoms with Crippen LogP contribution in [0.3, 0.4) is 0 Å². The smallest absolute Gasteiger partial charge is 0.240 e. The molecule has 2 unspecified atom stereocenters. The molecule has 1 fully saturated rings. The monoisotopic (exact) mass is 201 g/mol. The lowest BCUT2D eigenvalue weighted by Crippen LogP contribution is -2.44. The maximum absolute atomic E-state index is 11.5. The van der Waals surface area contributed by atoms with Gasteiger partial charge in [0, 0.05) is 13.1 Å². The molecule has 5 N–H and O–H groups in total. The minimum atomic E-state index is -0.877. The summed E-state index contributed by atoms with van der Waals surface area (Å²) in [4.78, 5) is 23.5. The molecule has 1 heterocycles. The summed E-state index contributed by atoms with van der Waals surface area (Å²) in [5, 5.41) is 9.19. The van der Waals surface area contributed by atoms with E-state index in [1.54, 1.807) is 0 Å². The number of aliphatic hydroxyl groups is 1. The minimum absolute atomic E-state index is 0.147. The molecule has 0 saturated carbocycles. The third kappa shape index (κ3) is 2.68. The number of hydrogen-bond acceptors (Lipinski definition) is 4. The first-order valence-electron chi connectivity index (χ1n) is 4.51. The standard InChI is InChI=1S/C8H15N3O3/c9-6(3-7(10)13)8(14)11-2-1-5(12)4-11/h5-6,12H,1-4,9H2,(H2,10,13). The Morgan fingerprint density at radius 3 is 2.64 bits per heavy atom. The molecule has 1 aliphatic rings. The lowest BCUT2D eigenvalue weighted by molar-refractivity contribution is -0.134. The molecule has 0 aromatic carbocycles. The molecule has 0 radical (unpaired) electrons. The predicted octanol–water partition coefficient (Wildman–Crippen LogP) is -2.22. The van der Waals surface area contributed by atoms with E-state index in [1.807, 2.05) is 0 Å². The van der Waals surface area contributed by atoms with Gasteiger partial charge in [0.15, 0.2) is 0 Å². The maximum Gasteiger partial charge on any atom is 0.240 e. The van der Waals surface area contributed by atoms with Crippen molar-refractivity contribution in [2.45, 2.75) is 25.0 Å². The molecule has 0 aromatic rings. The molecule has 80 valence electrons. The summed E-state index contributed by atoms with van der Waals surface area (Å²) in [5.74, 6) is -0.911. The lowest BCUT2D eigenvalue weighted by Gasteiger charge is -2.19. The van der Waals surface area contributed by atoms with Crippen molar-refractivity contribution in [3.63, 3.8) is 0 Å². The zero-order valence-electron chi connectivity index (χ0n) is 7.85. The van der Waals surface area contributed by atoms with E-state index in [0.29, 0.717) is 19.5 Å². The van der Waals surface area contributed by atoms with Crippen LogP contribution in [0.1, 0.15) is 12.8 Å². The average Bonchev–Trinajstić information content (AvgIpc) is 2.49. The molecule has 0 bridgehead atoms. The zero-order chi connectivity index (χ0) is 10.7. The van der Waals surface area contributed by atoms with Crippen molar-refractivity contribution in [3.05, 3.63) is 0 Å².